The Hall–Kier alpha value is -0.940. The van der Waals surface area contributed by atoms with E-state index in [1.807, 2.05) is 0 Å². The summed E-state index contributed by atoms with van der Waals surface area (Å²) in [5.41, 5.74) is 6.33. The summed E-state index contributed by atoms with van der Waals surface area (Å²) in [5.74, 6) is 0.0706. The van der Waals surface area contributed by atoms with Crippen molar-refractivity contribution in [3.63, 3.8) is 0 Å². The molecular formula is C10H13ClF3NO. The standard InChI is InChI=1S/C10H12F3NO.ClH/c11-6-5-9(14)7-1-3-8(4-2-7)15-10(12)13;/h1-4,9-10H,5-6,14H2;1H/t9-;/m1./s1. The van der Waals surface area contributed by atoms with Gasteiger partial charge in [0.25, 0.3) is 0 Å². The minimum absolute atomic E-state index is 0. The molecule has 0 amide bonds. The van der Waals surface area contributed by atoms with Gasteiger partial charge in [-0.3, -0.25) is 4.39 Å². The van der Waals surface area contributed by atoms with E-state index in [0.717, 1.165) is 0 Å². The number of rotatable bonds is 5. The fraction of sp³-hybridized carbons (Fsp3) is 0.400. The van der Waals surface area contributed by atoms with Gasteiger partial charge in [0.2, 0.25) is 0 Å². The number of benzene rings is 1. The first-order valence-electron chi connectivity index (χ1n) is 4.50. The maximum Gasteiger partial charge on any atom is 0.387 e. The molecular weight excluding hydrogens is 243 g/mol. The van der Waals surface area contributed by atoms with Gasteiger partial charge in [0.1, 0.15) is 5.75 Å². The number of alkyl halides is 3. The van der Waals surface area contributed by atoms with Crippen LogP contribution in [0.2, 0.25) is 0 Å². The Morgan fingerprint density at radius 3 is 2.19 bits per heavy atom. The van der Waals surface area contributed by atoms with Crippen LogP contribution < -0.4 is 10.5 Å². The molecule has 1 aromatic rings. The zero-order valence-electron chi connectivity index (χ0n) is 8.41. The highest BCUT2D eigenvalue weighted by atomic mass is 35.5. The lowest BCUT2D eigenvalue weighted by molar-refractivity contribution is -0.0498. The van der Waals surface area contributed by atoms with Crippen molar-refractivity contribution in [2.75, 3.05) is 6.67 Å². The molecule has 0 aliphatic heterocycles. The van der Waals surface area contributed by atoms with Gasteiger partial charge in [-0.1, -0.05) is 12.1 Å². The van der Waals surface area contributed by atoms with Crippen LogP contribution in [0.1, 0.15) is 18.0 Å². The van der Waals surface area contributed by atoms with Crippen molar-refractivity contribution < 1.29 is 17.9 Å². The number of ether oxygens (including phenoxy) is 1. The normalized spacial score (nSPS) is 12.1. The lowest BCUT2D eigenvalue weighted by Gasteiger charge is -2.10. The smallest absolute Gasteiger partial charge is 0.387 e. The Morgan fingerprint density at radius 2 is 1.75 bits per heavy atom. The quantitative estimate of drug-likeness (QED) is 0.878. The SMILES string of the molecule is Cl.N[C@H](CCF)c1ccc(OC(F)F)cc1. The largest absolute Gasteiger partial charge is 0.435 e. The van der Waals surface area contributed by atoms with Crippen LogP contribution >= 0.6 is 12.4 Å². The third-order valence-electron chi connectivity index (χ3n) is 1.95. The van der Waals surface area contributed by atoms with Crippen LogP contribution in [0.3, 0.4) is 0 Å². The summed E-state index contributed by atoms with van der Waals surface area (Å²) in [4.78, 5) is 0. The monoisotopic (exact) mass is 255 g/mol. The molecule has 0 aliphatic rings. The van der Waals surface area contributed by atoms with Crippen LogP contribution in [0.15, 0.2) is 24.3 Å². The first-order chi connectivity index (χ1) is 7.13. The molecule has 6 heteroatoms. The molecule has 1 aromatic carbocycles. The van der Waals surface area contributed by atoms with Gasteiger partial charge in [0.15, 0.2) is 0 Å². The predicted molar refractivity (Wildman–Crippen MR) is 57.8 cm³/mol. The molecule has 0 saturated carbocycles. The molecule has 2 N–H and O–H groups in total. The molecule has 16 heavy (non-hydrogen) atoms. The van der Waals surface area contributed by atoms with E-state index < -0.39 is 19.3 Å². The van der Waals surface area contributed by atoms with Crippen molar-refractivity contribution in [1.29, 1.82) is 0 Å². The lowest BCUT2D eigenvalue weighted by atomic mass is 10.1. The third-order valence-corrected chi connectivity index (χ3v) is 1.95. The highest BCUT2D eigenvalue weighted by Crippen LogP contribution is 2.19. The van der Waals surface area contributed by atoms with Gasteiger partial charge in [-0.05, 0) is 24.1 Å². The molecule has 0 aromatic heterocycles. The number of hydrogen-bond donors (Lipinski definition) is 1. The van der Waals surface area contributed by atoms with E-state index in [1.54, 1.807) is 12.1 Å². The summed E-state index contributed by atoms with van der Waals surface area (Å²) in [6.45, 7) is -3.34. The number of nitrogens with two attached hydrogens (primary N) is 1. The highest BCUT2D eigenvalue weighted by Gasteiger charge is 2.07. The van der Waals surface area contributed by atoms with Gasteiger partial charge in [0, 0.05) is 6.04 Å². The van der Waals surface area contributed by atoms with Crippen molar-refractivity contribution in [1.82, 2.24) is 0 Å². The molecule has 0 aliphatic carbocycles. The van der Waals surface area contributed by atoms with Gasteiger partial charge in [0.05, 0.1) is 6.67 Å². The summed E-state index contributed by atoms with van der Waals surface area (Å²) in [7, 11) is 0. The molecule has 2 nitrogen and oxygen atoms in total. The molecule has 0 bridgehead atoms. The van der Waals surface area contributed by atoms with Crippen molar-refractivity contribution in [2.45, 2.75) is 19.1 Å². The van der Waals surface area contributed by atoms with Crippen molar-refractivity contribution in [3.8, 4) is 5.75 Å². The molecule has 0 heterocycles. The molecule has 92 valence electrons. The molecule has 0 spiro atoms. The molecule has 0 radical (unpaired) electrons. The Bertz CT molecular complexity index is 295. The van der Waals surface area contributed by atoms with Gasteiger partial charge >= 0.3 is 6.61 Å². The lowest BCUT2D eigenvalue weighted by Crippen LogP contribution is -2.11. The van der Waals surface area contributed by atoms with Crippen molar-refractivity contribution in [2.24, 2.45) is 5.73 Å². The zero-order chi connectivity index (χ0) is 11.3. The highest BCUT2D eigenvalue weighted by molar-refractivity contribution is 5.85. The van der Waals surface area contributed by atoms with Crippen LogP contribution in [0, 0.1) is 0 Å². The average Bonchev–Trinajstić information content (AvgIpc) is 2.18. The summed E-state index contributed by atoms with van der Waals surface area (Å²) >= 11 is 0. The van der Waals surface area contributed by atoms with E-state index in [1.165, 1.54) is 12.1 Å². The van der Waals surface area contributed by atoms with Gasteiger partial charge < -0.3 is 10.5 Å². The first-order valence-corrected chi connectivity index (χ1v) is 4.50. The fourth-order valence-electron chi connectivity index (χ4n) is 1.18. The average molecular weight is 256 g/mol. The topological polar surface area (TPSA) is 35.2 Å². The van der Waals surface area contributed by atoms with E-state index in [4.69, 9.17) is 5.73 Å². The number of halogens is 4. The van der Waals surface area contributed by atoms with Gasteiger partial charge in [-0.25, -0.2) is 0 Å². The van der Waals surface area contributed by atoms with Crippen LogP contribution in [0.5, 0.6) is 5.75 Å². The van der Waals surface area contributed by atoms with Crippen LogP contribution in [0.25, 0.3) is 0 Å². The molecule has 0 saturated heterocycles. The minimum atomic E-state index is -2.84. The predicted octanol–water partition coefficient (Wildman–Crippen LogP) is 3.07. The van der Waals surface area contributed by atoms with E-state index in [9.17, 15) is 13.2 Å². The number of hydrogen-bond acceptors (Lipinski definition) is 2. The summed E-state index contributed by atoms with van der Waals surface area (Å²) in [5, 5.41) is 0. The Kier molecular flexibility index (Phi) is 6.92. The van der Waals surface area contributed by atoms with Gasteiger partial charge in [-0.2, -0.15) is 8.78 Å². The van der Waals surface area contributed by atoms with Crippen LogP contribution in [0.4, 0.5) is 13.2 Å². The molecule has 1 rings (SSSR count). The molecule has 0 fully saturated rings. The van der Waals surface area contributed by atoms with Crippen molar-refractivity contribution >= 4 is 12.4 Å². The second-order valence-corrected chi connectivity index (χ2v) is 3.03. The van der Waals surface area contributed by atoms with Gasteiger partial charge in [-0.15, -0.1) is 12.4 Å². The van der Waals surface area contributed by atoms with E-state index in [2.05, 4.69) is 4.74 Å². The summed E-state index contributed by atoms with van der Waals surface area (Å²) < 4.78 is 39.7. The van der Waals surface area contributed by atoms with Crippen molar-refractivity contribution in [3.05, 3.63) is 29.8 Å². The second kappa shape index (κ2) is 7.35. The molecule has 1 atom stereocenters. The third kappa shape index (κ3) is 4.72. The van der Waals surface area contributed by atoms with E-state index in [0.29, 0.717) is 5.56 Å². The Labute approximate surface area is 98.0 Å². The second-order valence-electron chi connectivity index (χ2n) is 3.03. The fourth-order valence-corrected chi connectivity index (χ4v) is 1.18. The Balaban J connectivity index is 0.00000225. The zero-order valence-corrected chi connectivity index (χ0v) is 9.22. The maximum atomic E-state index is 12.0. The van der Waals surface area contributed by atoms with Crippen LogP contribution in [-0.2, 0) is 0 Å². The maximum absolute atomic E-state index is 12.0. The van der Waals surface area contributed by atoms with Crippen LogP contribution in [-0.4, -0.2) is 13.3 Å². The summed E-state index contributed by atoms with van der Waals surface area (Å²) in [6, 6.07) is 5.48. The summed E-state index contributed by atoms with van der Waals surface area (Å²) in [6.07, 6.45) is 0.217. The first kappa shape index (κ1) is 15.1. The minimum Gasteiger partial charge on any atom is -0.435 e. The van der Waals surface area contributed by atoms with E-state index >= 15 is 0 Å². The molecule has 0 unspecified atom stereocenters. The Morgan fingerprint density at radius 1 is 1.19 bits per heavy atom. The van der Waals surface area contributed by atoms with E-state index in [-0.39, 0.29) is 24.6 Å².